The minimum atomic E-state index is 0.650. The number of halogens is 1. The molecule has 0 bridgehead atoms. The summed E-state index contributed by atoms with van der Waals surface area (Å²) >= 11 is 6.19. The topological polar surface area (TPSA) is 47.1 Å². The molecule has 4 nitrogen and oxygen atoms in total. The summed E-state index contributed by atoms with van der Waals surface area (Å²) in [7, 11) is 3.21. The highest BCUT2D eigenvalue weighted by atomic mass is 35.5. The van der Waals surface area contributed by atoms with E-state index >= 15 is 0 Å². The van der Waals surface area contributed by atoms with Crippen LogP contribution >= 0.6 is 11.6 Å². The molecule has 5 heteroatoms. The number of nitrogens with one attached hydrogen (secondary N) is 1. The van der Waals surface area contributed by atoms with Crippen LogP contribution in [0, 0.1) is 0 Å². The molecule has 0 radical (unpaired) electrons. The van der Waals surface area contributed by atoms with Crippen molar-refractivity contribution in [3.63, 3.8) is 0 Å². The van der Waals surface area contributed by atoms with Gasteiger partial charge in [0.2, 0.25) is 0 Å². The molecule has 0 spiro atoms. The Labute approximate surface area is 121 Å². The Kier molecular flexibility index (Phi) is 3.24. The van der Waals surface area contributed by atoms with Gasteiger partial charge in [-0.1, -0.05) is 23.7 Å². The molecule has 2 aromatic carbocycles. The van der Waals surface area contributed by atoms with Crippen LogP contribution in [0.15, 0.2) is 36.4 Å². The third-order valence-corrected chi connectivity index (χ3v) is 3.45. The molecule has 0 aliphatic rings. The van der Waals surface area contributed by atoms with Crippen molar-refractivity contribution in [2.24, 2.45) is 0 Å². The van der Waals surface area contributed by atoms with E-state index in [0.29, 0.717) is 16.5 Å². The molecule has 1 heterocycles. The quantitative estimate of drug-likeness (QED) is 0.795. The van der Waals surface area contributed by atoms with Crippen LogP contribution in [0.3, 0.4) is 0 Å². The second-order valence-electron chi connectivity index (χ2n) is 4.29. The van der Waals surface area contributed by atoms with E-state index in [0.717, 1.165) is 22.4 Å². The fourth-order valence-corrected chi connectivity index (χ4v) is 2.34. The summed E-state index contributed by atoms with van der Waals surface area (Å²) in [5.41, 5.74) is 2.54. The number of rotatable bonds is 3. The summed E-state index contributed by atoms with van der Waals surface area (Å²) in [5, 5.41) is 0.658. The van der Waals surface area contributed by atoms with Crippen LogP contribution in [0.5, 0.6) is 11.5 Å². The van der Waals surface area contributed by atoms with Crippen molar-refractivity contribution in [3.8, 4) is 22.9 Å². The predicted molar refractivity (Wildman–Crippen MR) is 79.6 cm³/mol. The summed E-state index contributed by atoms with van der Waals surface area (Å²) < 4.78 is 10.6. The molecule has 0 unspecified atom stereocenters. The van der Waals surface area contributed by atoms with Gasteiger partial charge < -0.3 is 14.5 Å². The highest BCUT2D eigenvalue weighted by Crippen LogP contribution is 2.33. The van der Waals surface area contributed by atoms with E-state index < -0.39 is 0 Å². The Morgan fingerprint density at radius 3 is 2.45 bits per heavy atom. The van der Waals surface area contributed by atoms with Crippen LogP contribution in [0.2, 0.25) is 5.02 Å². The van der Waals surface area contributed by atoms with E-state index in [1.54, 1.807) is 14.2 Å². The maximum atomic E-state index is 6.19. The van der Waals surface area contributed by atoms with Gasteiger partial charge >= 0.3 is 0 Å². The van der Waals surface area contributed by atoms with Crippen molar-refractivity contribution in [3.05, 3.63) is 41.4 Å². The number of H-pyrrole nitrogens is 1. The number of fused-ring (bicyclic) bond motifs is 1. The Hall–Kier alpha value is -2.20. The molecule has 0 atom stereocenters. The largest absolute Gasteiger partial charge is 0.493 e. The number of aromatic amines is 1. The molecule has 3 aromatic rings. The Bertz CT molecular complexity index is 727. The first kappa shape index (κ1) is 12.8. The number of benzene rings is 2. The van der Waals surface area contributed by atoms with Crippen molar-refractivity contribution >= 4 is 22.6 Å². The van der Waals surface area contributed by atoms with Crippen molar-refractivity contribution in [2.75, 3.05) is 14.2 Å². The monoisotopic (exact) mass is 288 g/mol. The SMILES string of the molecule is COc1cc2nc(-c3ccccc3Cl)[nH]c2cc1OC. The molecule has 0 fully saturated rings. The van der Waals surface area contributed by atoms with Crippen molar-refractivity contribution in [2.45, 2.75) is 0 Å². The Morgan fingerprint density at radius 1 is 1.05 bits per heavy atom. The first-order valence-corrected chi connectivity index (χ1v) is 6.47. The standard InChI is InChI=1S/C15H13ClN2O2/c1-19-13-7-11-12(8-14(13)20-2)18-15(17-11)9-5-3-4-6-10(9)16/h3-8H,1-2H3,(H,17,18). The molecule has 0 aliphatic heterocycles. The average molecular weight is 289 g/mol. The fourth-order valence-electron chi connectivity index (χ4n) is 2.12. The van der Waals surface area contributed by atoms with Gasteiger partial charge in [-0.3, -0.25) is 0 Å². The van der Waals surface area contributed by atoms with E-state index in [1.807, 2.05) is 36.4 Å². The lowest BCUT2D eigenvalue weighted by Gasteiger charge is -2.06. The summed E-state index contributed by atoms with van der Waals surface area (Å²) in [6, 6.07) is 11.3. The van der Waals surface area contributed by atoms with Gasteiger partial charge in [0, 0.05) is 17.7 Å². The van der Waals surface area contributed by atoms with Gasteiger partial charge in [-0.25, -0.2) is 4.98 Å². The van der Waals surface area contributed by atoms with Crippen LogP contribution < -0.4 is 9.47 Å². The van der Waals surface area contributed by atoms with Crippen LogP contribution in [-0.4, -0.2) is 24.2 Å². The van der Waals surface area contributed by atoms with Gasteiger partial charge in [-0.05, 0) is 12.1 Å². The molecule has 20 heavy (non-hydrogen) atoms. The van der Waals surface area contributed by atoms with E-state index in [-0.39, 0.29) is 0 Å². The average Bonchev–Trinajstić information content (AvgIpc) is 2.88. The van der Waals surface area contributed by atoms with E-state index in [1.165, 1.54) is 0 Å². The molecule has 0 saturated carbocycles. The smallest absolute Gasteiger partial charge is 0.163 e. The normalized spacial score (nSPS) is 10.8. The number of hydrogen-bond acceptors (Lipinski definition) is 3. The number of hydrogen-bond donors (Lipinski definition) is 1. The maximum Gasteiger partial charge on any atom is 0.163 e. The number of imidazole rings is 1. The van der Waals surface area contributed by atoms with Crippen molar-refractivity contribution in [1.82, 2.24) is 9.97 Å². The maximum absolute atomic E-state index is 6.19. The highest BCUT2D eigenvalue weighted by Gasteiger charge is 2.12. The number of nitrogens with zero attached hydrogens (tertiary/aromatic N) is 1. The lowest BCUT2D eigenvalue weighted by Crippen LogP contribution is -1.89. The Morgan fingerprint density at radius 2 is 1.75 bits per heavy atom. The molecule has 1 N–H and O–H groups in total. The minimum Gasteiger partial charge on any atom is -0.493 e. The zero-order valence-electron chi connectivity index (χ0n) is 11.1. The lowest BCUT2D eigenvalue weighted by molar-refractivity contribution is 0.356. The van der Waals surface area contributed by atoms with E-state index in [9.17, 15) is 0 Å². The molecule has 1 aromatic heterocycles. The molecule has 102 valence electrons. The van der Waals surface area contributed by atoms with Gasteiger partial charge in [0.15, 0.2) is 11.5 Å². The third kappa shape index (κ3) is 2.08. The molecule has 0 aliphatic carbocycles. The van der Waals surface area contributed by atoms with Gasteiger partial charge in [-0.2, -0.15) is 0 Å². The molecule has 3 rings (SSSR count). The summed E-state index contributed by atoms with van der Waals surface area (Å²) in [6.45, 7) is 0. The van der Waals surface area contributed by atoms with Crippen molar-refractivity contribution in [1.29, 1.82) is 0 Å². The van der Waals surface area contributed by atoms with Crippen LogP contribution in [0.4, 0.5) is 0 Å². The lowest BCUT2D eigenvalue weighted by atomic mass is 10.2. The molecular formula is C15H13ClN2O2. The first-order chi connectivity index (χ1) is 9.72. The molecular weight excluding hydrogens is 276 g/mol. The van der Waals surface area contributed by atoms with Gasteiger partial charge in [0.1, 0.15) is 5.82 Å². The second kappa shape index (κ2) is 5.06. The van der Waals surface area contributed by atoms with Crippen LogP contribution in [-0.2, 0) is 0 Å². The van der Waals surface area contributed by atoms with Gasteiger partial charge in [-0.15, -0.1) is 0 Å². The molecule has 0 amide bonds. The Balaban J connectivity index is 2.18. The van der Waals surface area contributed by atoms with Crippen LogP contribution in [0.1, 0.15) is 0 Å². The summed E-state index contributed by atoms with van der Waals surface area (Å²) in [4.78, 5) is 7.80. The van der Waals surface area contributed by atoms with Crippen LogP contribution in [0.25, 0.3) is 22.4 Å². The minimum absolute atomic E-state index is 0.650. The van der Waals surface area contributed by atoms with Crippen molar-refractivity contribution < 1.29 is 9.47 Å². The van der Waals surface area contributed by atoms with Gasteiger partial charge in [0.05, 0.1) is 30.3 Å². The number of aromatic nitrogens is 2. The second-order valence-corrected chi connectivity index (χ2v) is 4.70. The number of ether oxygens (including phenoxy) is 2. The predicted octanol–water partition coefficient (Wildman–Crippen LogP) is 3.90. The summed E-state index contributed by atoms with van der Waals surface area (Å²) in [5.74, 6) is 2.03. The van der Waals surface area contributed by atoms with Gasteiger partial charge in [0.25, 0.3) is 0 Å². The van der Waals surface area contributed by atoms with E-state index in [4.69, 9.17) is 21.1 Å². The fraction of sp³-hybridized carbons (Fsp3) is 0.133. The molecule has 0 saturated heterocycles. The third-order valence-electron chi connectivity index (χ3n) is 3.12. The van der Waals surface area contributed by atoms with E-state index in [2.05, 4.69) is 9.97 Å². The zero-order valence-corrected chi connectivity index (χ0v) is 11.9. The highest BCUT2D eigenvalue weighted by molar-refractivity contribution is 6.33. The number of methoxy groups -OCH3 is 2. The first-order valence-electron chi connectivity index (χ1n) is 6.09. The summed E-state index contributed by atoms with van der Waals surface area (Å²) in [6.07, 6.45) is 0. The zero-order chi connectivity index (χ0) is 14.1.